The van der Waals surface area contributed by atoms with E-state index in [0.29, 0.717) is 12.7 Å². The lowest BCUT2D eigenvalue weighted by atomic mass is 9.91. The second kappa shape index (κ2) is 8.62. The number of carbonyl (C=O) groups excluding carboxylic acids is 3. The number of ether oxygens (including phenoxy) is 1. The molecule has 124 valence electrons. The van der Waals surface area contributed by atoms with Crippen molar-refractivity contribution >= 4 is 18.2 Å². The molecule has 0 bridgehead atoms. The Morgan fingerprint density at radius 1 is 1.04 bits per heavy atom. The molecule has 2 rings (SSSR count). The average molecular weight is 325 g/mol. The van der Waals surface area contributed by atoms with Gasteiger partial charge in [0.15, 0.2) is 12.3 Å². The first kappa shape index (κ1) is 17.4. The third-order valence-electron chi connectivity index (χ3n) is 3.69. The fourth-order valence-corrected chi connectivity index (χ4v) is 2.43. The zero-order valence-corrected chi connectivity index (χ0v) is 13.3. The zero-order valence-electron chi connectivity index (χ0n) is 13.3. The van der Waals surface area contributed by atoms with Crippen molar-refractivity contribution in [3.63, 3.8) is 0 Å². The van der Waals surface area contributed by atoms with Gasteiger partial charge in [-0.2, -0.15) is 0 Å². The number of esters is 1. The van der Waals surface area contributed by atoms with Crippen LogP contribution in [0.2, 0.25) is 0 Å². The monoisotopic (exact) mass is 325 g/mol. The third kappa shape index (κ3) is 4.52. The Bertz CT molecular complexity index is 685. The van der Waals surface area contributed by atoms with Gasteiger partial charge in [0.2, 0.25) is 5.91 Å². The lowest BCUT2D eigenvalue weighted by molar-refractivity contribution is -0.146. The van der Waals surface area contributed by atoms with Crippen LogP contribution in [-0.2, 0) is 25.5 Å². The number of nitrogens with one attached hydrogen (secondary N) is 1. The van der Waals surface area contributed by atoms with Gasteiger partial charge in [-0.25, -0.2) is 4.79 Å². The quantitative estimate of drug-likeness (QED) is 0.479. The lowest BCUT2D eigenvalue weighted by Crippen LogP contribution is -2.45. The molecule has 0 fully saturated rings. The molecule has 0 radical (unpaired) electrons. The highest BCUT2D eigenvalue weighted by Crippen LogP contribution is 2.21. The molecule has 0 aliphatic heterocycles. The van der Waals surface area contributed by atoms with E-state index in [2.05, 4.69) is 10.1 Å². The Kier molecular flexibility index (Phi) is 6.25. The second-order valence-electron chi connectivity index (χ2n) is 5.30. The van der Waals surface area contributed by atoms with Gasteiger partial charge in [-0.05, 0) is 17.5 Å². The predicted molar refractivity (Wildman–Crippen MR) is 89.3 cm³/mol. The number of rotatable bonds is 7. The second-order valence-corrected chi connectivity index (χ2v) is 5.30. The van der Waals surface area contributed by atoms with Gasteiger partial charge in [0.25, 0.3) is 0 Å². The first-order chi connectivity index (χ1) is 11.7. The van der Waals surface area contributed by atoms with Crippen molar-refractivity contribution in [3.05, 3.63) is 71.8 Å². The molecule has 5 heteroatoms. The smallest absolute Gasteiger partial charge is 0.335 e. The van der Waals surface area contributed by atoms with Crippen LogP contribution in [0.15, 0.2) is 60.7 Å². The summed E-state index contributed by atoms with van der Waals surface area (Å²) in [6.07, 6.45) is 0.831. The molecule has 0 aromatic heterocycles. The summed E-state index contributed by atoms with van der Waals surface area (Å²) in [5, 5.41) is 2.45. The minimum Gasteiger partial charge on any atom is -0.467 e. The number of aldehydes is 1. The summed E-state index contributed by atoms with van der Waals surface area (Å²) in [6.45, 7) is 0. The molecule has 0 aliphatic carbocycles. The summed E-state index contributed by atoms with van der Waals surface area (Å²) in [6, 6.07) is 17.5. The van der Waals surface area contributed by atoms with Gasteiger partial charge in [0, 0.05) is 0 Å². The summed E-state index contributed by atoms with van der Waals surface area (Å²) < 4.78 is 4.52. The topological polar surface area (TPSA) is 72.5 Å². The van der Waals surface area contributed by atoms with Gasteiger partial charge in [0.05, 0.1) is 13.0 Å². The maximum absolute atomic E-state index is 12.7. The standard InChI is InChI=1S/C19H19NO4/c1-24-19(23)17(13-21)20-18(22)16(15-10-6-3-7-11-15)12-14-8-4-2-5-9-14/h2-11,13,16-17H,12H2,1H3,(H,20,22). The highest BCUT2D eigenvalue weighted by Gasteiger charge is 2.27. The third-order valence-corrected chi connectivity index (χ3v) is 3.69. The van der Waals surface area contributed by atoms with E-state index in [4.69, 9.17) is 0 Å². The van der Waals surface area contributed by atoms with Gasteiger partial charge < -0.3 is 14.8 Å². The van der Waals surface area contributed by atoms with Crippen LogP contribution >= 0.6 is 0 Å². The fraction of sp³-hybridized carbons (Fsp3) is 0.211. The Balaban J connectivity index is 2.23. The van der Waals surface area contributed by atoms with Crippen LogP contribution < -0.4 is 5.32 Å². The minimum atomic E-state index is -1.30. The van der Waals surface area contributed by atoms with Crippen LogP contribution in [-0.4, -0.2) is 31.3 Å². The first-order valence-electron chi connectivity index (χ1n) is 7.58. The van der Waals surface area contributed by atoms with E-state index in [-0.39, 0.29) is 0 Å². The minimum absolute atomic E-state index is 0.369. The zero-order chi connectivity index (χ0) is 17.4. The van der Waals surface area contributed by atoms with Crippen molar-refractivity contribution in [2.45, 2.75) is 18.4 Å². The summed E-state index contributed by atoms with van der Waals surface area (Å²) in [7, 11) is 1.17. The lowest BCUT2D eigenvalue weighted by Gasteiger charge is -2.19. The number of hydrogen-bond acceptors (Lipinski definition) is 4. The molecule has 2 aromatic rings. The van der Waals surface area contributed by atoms with E-state index in [9.17, 15) is 14.4 Å². The van der Waals surface area contributed by atoms with E-state index < -0.39 is 23.8 Å². The van der Waals surface area contributed by atoms with Crippen LogP contribution in [0.4, 0.5) is 0 Å². The van der Waals surface area contributed by atoms with Gasteiger partial charge in [-0.15, -0.1) is 0 Å². The molecular formula is C19H19NO4. The van der Waals surface area contributed by atoms with Gasteiger partial charge >= 0.3 is 5.97 Å². The van der Waals surface area contributed by atoms with Gasteiger partial charge in [-0.1, -0.05) is 60.7 Å². The molecule has 0 heterocycles. The molecule has 24 heavy (non-hydrogen) atoms. The molecule has 2 aromatic carbocycles. The Labute approximate surface area is 140 Å². The highest BCUT2D eigenvalue weighted by atomic mass is 16.5. The van der Waals surface area contributed by atoms with E-state index in [1.54, 1.807) is 0 Å². The number of methoxy groups -OCH3 is 1. The Morgan fingerprint density at radius 3 is 2.17 bits per heavy atom. The number of hydrogen-bond donors (Lipinski definition) is 1. The van der Waals surface area contributed by atoms with Crippen LogP contribution in [0, 0.1) is 0 Å². The van der Waals surface area contributed by atoms with Crippen LogP contribution in [0.1, 0.15) is 17.0 Å². The maximum atomic E-state index is 12.7. The SMILES string of the molecule is COC(=O)C(C=O)NC(=O)C(Cc1ccccc1)c1ccccc1. The van der Waals surface area contributed by atoms with Crippen LogP contribution in [0.25, 0.3) is 0 Å². The van der Waals surface area contributed by atoms with Crippen molar-refractivity contribution in [1.29, 1.82) is 0 Å². The molecule has 1 amide bonds. The average Bonchev–Trinajstić information content (AvgIpc) is 2.64. The molecule has 5 nitrogen and oxygen atoms in total. The van der Waals surface area contributed by atoms with Gasteiger partial charge in [0.1, 0.15) is 0 Å². The summed E-state index contributed by atoms with van der Waals surface area (Å²) in [5.41, 5.74) is 1.80. The van der Waals surface area contributed by atoms with Crippen molar-refractivity contribution in [2.75, 3.05) is 7.11 Å². The Morgan fingerprint density at radius 2 is 1.62 bits per heavy atom. The summed E-state index contributed by atoms with van der Waals surface area (Å²) >= 11 is 0. The molecule has 0 aliphatic rings. The molecule has 2 unspecified atom stereocenters. The molecule has 0 saturated heterocycles. The normalized spacial score (nSPS) is 12.7. The largest absolute Gasteiger partial charge is 0.467 e. The van der Waals surface area contributed by atoms with Gasteiger partial charge in [-0.3, -0.25) is 4.79 Å². The maximum Gasteiger partial charge on any atom is 0.335 e. The number of carbonyl (C=O) groups is 3. The molecule has 2 atom stereocenters. The fourth-order valence-electron chi connectivity index (χ4n) is 2.43. The van der Waals surface area contributed by atoms with Crippen molar-refractivity contribution in [1.82, 2.24) is 5.32 Å². The molecule has 0 saturated carbocycles. The van der Waals surface area contributed by atoms with Crippen LogP contribution in [0.3, 0.4) is 0 Å². The van der Waals surface area contributed by atoms with Crippen molar-refractivity contribution in [3.8, 4) is 0 Å². The molecule has 1 N–H and O–H groups in total. The Hall–Kier alpha value is -2.95. The molecule has 0 spiro atoms. The number of benzene rings is 2. The van der Waals surface area contributed by atoms with E-state index in [1.165, 1.54) is 7.11 Å². The van der Waals surface area contributed by atoms with Crippen molar-refractivity contribution in [2.24, 2.45) is 0 Å². The summed E-state index contributed by atoms with van der Waals surface area (Å²) in [5.74, 6) is -1.70. The first-order valence-corrected chi connectivity index (χ1v) is 7.58. The van der Waals surface area contributed by atoms with Crippen LogP contribution in [0.5, 0.6) is 0 Å². The van der Waals surface area contributed by atoms with E-state index >= 15 is 0 Å². The summed E-state index contributed by atoms with van der Waals surface area (Å²) in [4.78, 5) is 35.2. The van der Waals surface area contributed by atoms with Crippen molar-refractivity contribution < 1.29 is 19.1 Å². The molecular weight excluding hydrogens is 306 g/mol. The van der Waals surface area contributed by atoms with E-state index in [1.807, 2.05) is 60.7 Å². The number of amides is 1. The highest BCUT2D eigenvalue weighted by molar-refractivity contribution is 5.97. The predicted octanol–water partition coefficient (Wildman–Crippen LogP) is 1.87. The van der Waals surface area contributed by atoms with E-state index in [0.717, 1.165) is 11.1 Å².